The summed E-state index contributed by atoms with van der Waals surface area (Å²) in [6.07, 6.45) is 2.41. The summed E-state index contributed by atoms with van der Waals surface area (Å²) in [7, 11) is 0. The van der Waals surface area contributed by atoms with Crippen LogP contribution < -0.4 is 4.74 Å². The fourth-order valence-corrected chi connectivity index (χ4v) is 2.85. The van der Waals surface area contributed by atoms with Crippen molar-refractivity contribution in [2.45, 2.75) is 32.0 Å². The molecule has 2 aromatic rings. The fraction of sp³-hybridized carbons (Fsp3) is 0.357. The van der Waals surface area contributed by atoms with Gasteiger partial charge in [-0.1, -0.05) is 18.2 Å². The van der Waals surface area contributed by atoms with Crippen molar-refractivity contribution in [3.8, 4) is 5.75 Å². The van der Waals surface area contributed by atoms with Gasteiger partial charge in [0.2, 0.25) is 0 Å². The fourth-order valence-electron chi connectivity index (χ4n) is 1.93. The van der Waals surface area contributed by atoms with Crippen LogP contribution in [0.25, 0.3) is 0 Å². The van der Waals surface area contributed by atoms with Crippen LogP contribution in [0.15, 0.2) is 30.3 Å². The van der Waals surface area contributed by atoms with Crippen molar-refractivity contribution < 1.29 is 9.84 Å². The number of ether oxygens (including phenoxy) is 1. The van der Waals surface area contributed by atoms with Gasteiger partial charge in [0.05, 0.1) is 17.2 Å². The molecule has 1 fully saturated rings. The summed E-state index contributed by atoms with van der Waals surface area (Å²) in [6, 6.07) is 9.73. The highest BCUT2D eigenvalue weighted by molar-refractivity contribution is 7.11. The van der Waals surface area contributed by atoms with E-state index in [2.05, 4.69) is 4.98 Å². The molecule has 0 saturated heterocycles. The van der Waals surface area contributed by atoms with Crippen LogP contribution in [-0.4, -0.2) is 10.1 Å². The number of nitrogens with zero attached hydrogens (tertiary/aromatic N) is 1. The third-order valence-corrected chi connectivity index (χ3v) is 4.01. The lowest BCUT2D eigenvalue weighted by Crippen LogP contribution is -1.95. The van der Waals surface area contributed by atoms with E-state index >= 15 is 0 Å². The first kappa shape index (κ1) is 11.7. The number of benzene rings is 1. The van der Waals surface area contributed by atoms with Crippen LogP contribution in [0.1, 0.15) is 34.3 Å². The average molecular weight is 261 g/mol. The van der Waals surface area contributed by atoms with Crippen LogP contribution >= 0.6 is 11.3 Å². The summed E-state index contributed by atoms with van der Waals surface area (Å²) in [5, 5.41) is 10.3. The molecule has 0 unspecified atom stereocenters. The van der Waals surface area contributed by atoms with Gasteiger partial charge in [0.1, 0.15) is 17.4 Å². The van der Waals surface area contributed by atoms with Crippen LogP contribution in [0.5, 0.6) is 5.75 Å². The first-order valence-electron chi connectivity index (χ1n) is 6.14. The van der Waals surface area contributed by atoms with Gasteiger partial charge in [-0.25, -0.2) is 4.98 Å². The normalized spacial score (nSPS) is 14.7. The smallest absolute Gasteiger partial charge is 0.140 e. The van der Waals surface area contributed by atoms with E-state index in [9.17, 15) is 5.11 Å². The molecule has 1 aliphatic rings. The molecule has 3 rings (SSSR count). The molecule has 1 saturated carbocycles. The number of para-hydroxylation sites is 1. The Labute approximate surface area is 110 Å². The molecule has 0 radical (unpaired) electrons. The number of aromatic nitrogens is 1. The number of hydrogen-bond acceptors (Lipinski definition) is 4. The molecular formula is C14H15NO2S. The van der Waals surface area contributed by atoms with Crippen LogP contribution in [0, 0.1) is 0 Å². The lowest BCUT2D eigenvalue weighted by Gasteiger charge is -2.02. The highest BCUT2D eigenvalue weighted by atomic mass is 32.1. The van der Waals surface area contributed by atoms with Gasteiger partial charge in [0.15, 0.2) is 0 Å². The van der Waals surface area contributed by atoms with Crippen LogP contribution in [0.3, 0.4) is 0 Å². The average Bonchev–Trinajstić information content (AvgIpc) is 3.18. The Morgan fingerprint density at radius 1 is 1.28 bits per heavy atom. The van der Waals surface area contributed by atoms with Crippen LogP contribution in [0.2, 0.25) is 0 Å². The largest absolute Gasteiger partial charge is 0.486 e. The Morgan fingerprint density at radius 3 is 2.72 bits per heavy atom. The SMILES string of the molecule is OCc1sc(COc2ccccc2)nc1C1CC1. The number of hydrogen-bond donors (Lipinski definition) is 1. The molecule has 1 aliphatic carbocycles. The second kappa shape index (κ2) is 5.08. The van der Waals surface area contributed by atoms with E-state index in [4.69, 9.17) is 4.74 Å². The molecule has 1 aromatic carbocycles. The molecule has 4 heteroatoms. The van der Waals surface area contributed by atoms with E-state index in [1.54, 1.807) is 11.3 Å². The molecule has 0 bridgehead atoms. The third kappa shape index (κ3) is 2.54. The number of rotatable bonds is 5. The van der Waals surface area contributed by atoms with E-state index in [-0.39, 0.29) is 6.61 Å². The Hall–Kier alpha value is -1.39. The molecular weight excluding hydrogens is 246 g/mol. The van der Waals surface area contributed by atoms with Crippen molar-refractivity contribution in [1.82, 2.24) is 4.98 Å². The van der Waals surface area contributed by atoms with E-state index in [1.165, 1.54) is 12.8 Å². The van der Waals surface area contributed by atoms with E-state index in [1.807, 2.05) is 30.3 Å². The maximum absolute atomic E-state index is 9.32. The predicted molar refractivity (Wildman–Crippen MR) is 70.8 cm³/mol. The van der Waals surface area contributed by atoms with E-state index in [0.29, 0.717) is 12.5 Å². The minimum Gasteiger partial charge on any atom is -0.486 e. The van der Waals surface area contributed by atoms with Gasteiger partial charge in [-0.3, -0.25) is 0 Å². The molecule has 0 aliphatic heterocycles. The number of aliphatic hydroxyl groups excluding tert-OH is 1. The lowest BCUT2D eigenvalue weighted by atomic mass is 10.2. The van der Waals surface area contributed by atoms with Gasteiger partial charge in [-0.15, -0.1) is 11.3 Å². The van der Waals surface area contributed by atoms with Crippen molar-refractivity contribution in [2.75, 3.05) is 0 Å². The second-order valence-corrected chi connectivity index (χ2v) is 5.62. The Balaban J connectivity index is 1.69. The Kier molecular flexibility index (Phi) is 3.30. The Bertz CT molecular complexity index is 520. The van der Waals surface area contributed by atoms with Gasteiger partial charge in [0.25, 0.3) is 0 Å². The predicted octanol–water partition coefficient (Wildman–Crippen LogP) is 3.09. The number of thiazole rings is 1. The molecule has 0 spiro atoms. The summed E-state index contributed by atoms with van der Waals surface area (Å²) >= 11 is 1.56. The van der Waals surface area contributed by atoms with Crippen molar-refractivity contribution in [3.63, 3.8) is 0 Å². The summed E-state index contributed by atoms with van der Waals surface area (Å²) in [5.74, 6) is 1.43. The number of aliphatic hydroxyl groups is 1. The second-order valence-electron chi connectivity index (χ2n) is 4.45. The molecule has 1 aromatic heterocycles. The maximum atomic E-state index is 9.32. The van der Waals surface area contributed by atoms with E-state index < -0.39 is 0 Å². The first-order chi connectivity index (χ1) is 8.86. The maximum Gasteiger partial charge on any atom is 0.140 e. The van der Waals surface area contributed by atoms with Gasteiger partial charge in [-0.2, -0.15) is 0 Å². The summed E-state index contributed by atoms with van der Waals surface area (Å²) in [5.41, 5.74) is 1.09. The monoisotopic (exact) mass is 261 g/mol. The van der Waals surface area contributed by atoms with Crippen LogP contribution in [0.4, 0.5) is 0 Å². The summed E-state index contributed by atoms with van der Waals surface area (Å²) in [6.45, 7) is 0.573. The first-order valence-corrected chi connectivity index (χ1v) is 6.95. The summed E-state index contributed by atoms with van der Waals surface area (Å²) in [4.78, 5) is 5.60. The van der Waals surface area contributed by atoms with Crippen molar-refractivity contribution >= 4 is 11.3 Å². The van der Waals surface area contributed by atoms with Gasteiger partial charge >= 0.3 is 0 Å². The molecule has 94 valence electrons. The topological polar surface area (TPSA) is 42.4 Å². The lowest BCUT2D eigenvalue weighted by molar-refractivity contribution is 0.284. The minimum atomic E-state index is 0.0921. The van der Waals surface area contributed by atoms with Crippen molar-refractivity contribution in [1.29, 1.82) is 0 Å². The molecule has 0 amide bonds. The molecule has 3 nitrogen and oxygen atoms in total. The zero-order valence-electron chi connectivity index (χ0n) is 10.0. The van der Waals surface area contributed by atoms with Crippen LogP contribution in [-0.2, 0) is 13.2 Å². The standard InChI is InChI=1S/C14H15NO2S/c16-8-12-14(10-6-7-10)15-13(18-12)9-17-11-4-2-1-3-5-11/h1-5,10,16H,6-9H2. The van der Waals surface area contributed by atoms with Crippen molar-refractivity contribution in [2.24, 2.45) is 0 Å². The van der Waals surface area contributed by atoms with Gasteiger partial charge in [-0.05, 0) is 25.0 Å². The molecule has 18 heavy (non-hydrogen) atoms. The summed E-state index contributed by atoms with van der Waals surface area (Å²) < 4.78 is 5.67. The molecule has 1 heterocycles. The van der Waals surface area contributed by atoms with Gasteiger partial charge < -0.3 is 9.84 Å². The molecule has 0 atom stereocenters. The van der Waals surface area contributed by atoms with E-state index in [0.717, 1.165) is 21.3 Å². The molecule has 1 N–H and O–H groups in total. The zero-order valence-corrected chi connectivity index (χ0v) is 10.8. The zero-order chi connectivity index (χ0) is 12.4. The minimum absolute atomic E-state index is 0.0921. The Morgan fingerprint density at radius 2 is 2.06 bits per heavy atom. The highest BCUT2D eigenvalue weighted by Gasteiger charge is 2.29. The quantitative estimate of drug-likeness (QED) is 0.899. The van der Waals surface area contributed by atoms with Crippen molar-refractivity contribution in [3.05, 3.63) is 45.9 Å². The third-order valence-electron chi connectivity index (χ3n) is 2.99. The van der Waals surface area contributed by atoms with Gasteiger partial charge in [0, 0.05) is 5.92 Å². The highest BCUT2D eigenvalue weighted by Crippen LogP contribution is 2.42.